The summed E-state index contributed by atoms with van der Waals surface area (Å²) < 4.78 is 4.71. The minimum atomic E-state index is -0.949. The molecule has 0 saturated carbocycles. The number of carbonyl (C=O) groups is 2. The lowest BCUT2D eigenvalue weighted by molar-refractivity contribution is -0.126. The number of hydrogen-bond acceptors (Lipinski definition) is 7. The minimum absolute atomic E-state index is 0. The van der Waals surface area contributed by atoms with Gasteiger partial charge < -0.3 is 25.4 Å². The average molecular weight is 564 g/mol. The predicted octanol–water partition coefficient (Wildman–Crippen LogP) is 3.49. The third-order valence-corrected chi connectivity index (χ3v) is 6.92. The van der Waals surface area contributed by atoms with Crippen molar-refractivity contribution in [3.05, 3.63) is 65.7 Å². The Morgan fingerprint density at radius 1 is 0.974 bits per heavy atom. The molecule has 0 heterocycles. The van der Waals surface area contributed by atoms with Gasteiger partial charge in [0.25, 0.3) is 0 Å². The quantitative estimate of drug-likeness (QED) is 0.193. The van der Waals surface area contributed by atoms with Gasteiger partial charge in [-0.3, -0.25) is 10.6 Å². The summed E-state index contributed by atoms with van der Waals surface area (Å²) in [7, 11) is 1.26. The van der Waals surface area contributed by atoms with Crippen molar-refractivity contribution in [2.45, 2.75) is 65.3 Å². The van der Waals surface area contributed by atoms with Crippen LogP contribution in [-0.4, -0.2) is 67.0 Å². The van der Waals surface area contributed by atoms with E-state index in [1.54, 1.807) is 5.01 Å². The highest BCUT2D eigenvalue weighted by molar-refractivity contribution is 5.86. The summed E-state index contributed by atoms with van der Waals surface area (Å²) in [5, 5.41) is 18.3. The predicted molar refractivity (Wildman–Crippen MR) is 159 cm³/mol. The number of carbonyl (C=O) groups excluding carboxylic acids is 2. The zero-order chi connectivity index (χ0) is 28.1. The fourth-order valence-corrected chi connectivity index (χ4v) is 4.38. The summed E-state index contributed by atoms with van der Waals surface area (Å²) in [4.78, 5) is 27.4. The summed E-state index contributed by atoms with van der Waals surface area (Å²) in [6, 6.07) is 16.5. The molecule has 0 spiro atoms. The summed E-state index contributed by atoms with van der Waals surface area (Å²) in [6.45, 7) is 10.6. The fraction of sp³-hybridized carbons (Fsp3) is 0.517. The number of aliphatic hydroxyl groups is 1. The summed E-state index contributed by atoms with van der Waals surface area (Å²) in [5.41, 5.74) is 3.15. The highest BCUT2D eigenvalue weighted by atomic mass is 35.5. The Kier molecular flexibility index (Phi) is 15.5. The molecular formula is C29H46ClN5O4. The van der Waals surface area contributed by atoms with Crippen LogP contribution in [0.5, 0.6) is 0 Å². The van der Waals surface area contributed by atoms with Crippen LogP contribution in [0.15, 0.2) is 54.6 Å². The summed E-state index contributed by atoms with van der Waals surface area (Å²) in [6.07, 6.45) is -0.538. The second-order valence-corrected chi connectivity index (χ2v) is 9.64. The molecule has 10 heteroatoms. The molecule has 2 aromatic carbocycles. The van der Waals surface area contributed by atoms with Gasteiger partial charge in [0.2, 0.25) is 5.91 Å². The molecule has 5 N–H and O–H groups in total. The van der Waals surface area contributed by atoms with Crippen molar-refractivity contribution >= 4 is 30.1 Å². The monoisotopic (exact) mass is 563 g/mol. The van der Waals surface area contributed by atoms with Gasteiger partial charge >= 0.3 is 6.09 Å². The van der Waals surface area contributed by atoms with E-state index in [1.165, 1.54) is 7.11 Å². The van der Waals surface area contributed by atoms with Gasteiger partial charge in [-0.2, -0.15) is 0 Å². The number of rotatable bonds is 15. The maximum Gasteiger partial charge on any atom is 0.407 e. The summed E-state index contributed by atoms with van der Waals surface area (Å²) in [5.74, 6) is 5.80. The average Bonchev–Trinajstić information content (AvgIpc) is 2.92. The molecule has 0 saturated heterocycles. The molecule has 0 radical (unpaired) electrons. The minimum Gasteiger partial charge on any atom is -0.453 e. The van der Waals surface area contributed by atoms with Crippen LogP contribution in [-0.2, 0) is 22.5 Å². The van der Waals surface area contributed by atoms with E-state index in [0.717, 1.165) is 29.9 Å². The van der Waals surface area contributed by atoms with Crippen LogP contribution in [0.1, 0.15) is 45.2 Å². The van der Waals surface area contributed by atoms with Gasteiger partial charge in [0.15, 0.2) is 0 Å². The summed E-state index contributed by atoms with van der Waals surface area (Å²) >= 11 is 0. The molecule has 2 aromatic rings. The number of methoxy groups -OCH3 is 1. The second kappa shape index (κ2) is 17.7. The van der Waals surface area contributed by atoms with Crippen molar-refractivity contribution in [3.63, 3.8) is 0 Å². The van der Waals surface area contributed by atoms with Crippen LogP contribution in [0.3, 0.4) is 0 Å². The van der Waals surface area contributed by atoms with Crippen molar-refractivity contribution < 1.29 is 19.4 Å². The van der Waals surface area contributed by atoms with Gasteiger partial charge in [-0.25, -0.2) is 9.80 Å². The van der Waals surface area contributed by atoms with E-state index in [-0.39, 0.29) is 30.8 Å². The van der Waals surface area contributed by atoms with Gasteiger partial charge in [0, 0.05) is 31.9 Å². The van der Waals surface area contributed by atoms with Gasteiger partial charge in [-0.1, -0.05) is 62.7 Å². The number of aliphatic hydroxyl groups excluding tert-OH is 1. The fourth-order valence-electron chi connectivity index (χ4n) is 4.38. The number of nitrogens with two attached hydrogens (primary N) is 1. The molecule has 39 heavy (non-hydrogen) atoms. The maximum absolute atomic E-state index is 13.3. The first-order chi connectivity index (χ1) is 18.2. The first-order valence-electron chi connectivity index (χ1n) is 13.4. The molecule has 4 atom stereocenters. The van der Waals surface area contributed by atoms with Gasteiger partial charge in [-0.15, -0.1) is 12.4 Å². The number of amides is 2. The van der Waals surface area contributed by atoms with E-state index in [9.17, 15) is 14.7 Å². The van der Waals surface area contributed by atoms with Crippen molar-refractivity contribution in [2.24, 2.45) is 11.8 Å². The van der Waals surface area contributed by atoms with Crippen LogP contribution < -0.4 is 21.4 Å². The maximum atomic E-state index is 13.3. The molecular weight excluding hydrogens is 518 g/mol. The number of ether oxygens (including phenoxy) is 1. The molecule has 218 valence electrons. The van der Waals surface area contributed by atoms with E-state index in [4.69, 9.17) is 10.6 Å². The Balaban J connectivity index is 0.00000760. The Bertz CT molecular complexity index is 975. The molecule has 0 fully saturated rings. The van der Waals surface area contributed by atoms with E-state index in [2.05, 4.69) is 41.5 Å². The standard InChI is InChI=1S/C29H45N5O4.ClH/c1-6-21(4)27(32-29(37)38-5)28(36)31-25(18-22-12-10-9-11-13-22)26(35)20-34(30)19-23-14-16-24(17-15-23)33(7-2)8-3;/h9-17,21,25-27,35H,6-8,18-20,30H2,1-5H3,(H,31,36)(H,32,37);1H/t21-,25-,26-,27-;/m0./s1. The number of halogens is 1. The van der Waals surface area contributed by atoms with Gasteiger partial charge in [0.1, 0.15) is 6.04 Å². The van der Waals surface area contributed by atoms with Crippen molar-refractivity contribution in [3.8, 4) is 0 Å². The highest BCUT2D eigenvalue weighted by Crippen LogP contribution is 2.16. The first-order valence-corrected chi connectivity index (χ1v) is 13.4. The Labute approximate surface area is 239 Å². The zero-order valence-corrected chi connectivity index (χ0v) is 24.6. The number of anilines is 1. The van der Waals surface area contributed by atoms with Crippen molar-refractivity contribution in [1.82, 2.24) is 15.6 Å². The first kappa shape index (κ1) is 34.2. The second-order valence-electron chi connectivity index (χ2n) is 9.64. The topological polar surface area (TPSA) is 120 Å². The highest BCUT2D eigenvalue weighted by Gasteiger charge is 2.30. The molecule has 2 rings (SSSR count). The number of nitrogens with one attached hydrogen (secondary N) is 2. The Morgan fingerprint density at radius 3 is 2.13 bits per heavy atom. The third-order valence-electron chi connectivity index (χ3n) is 6.92. The Hall–Kier alpha value is -2.85. The Morgan fingerprint density at radius 2 is 1.59 bits per heavy atom. The number of hydrogen-bond donors (Lipinski definition) is 4. The van der Waals surface area contributed by atoms with E-state index < -0.39 is 24.3 Å². The number of benzene rings is 2. The van der Waals surface area contributed by atoms with Gasteiger partial charge in [0.05, 0.1) is 19.3 Å². The molecule has 0 aliphatic rings. The van der Waals surface area contributed by atoms with Crippen LogP contribution in [0.25, 0.3) is 0 Å². The lowest BCUT2D eigenvalue weighted by atomic mass is 9.96. The third kappa shape index (κ3) is 11.0. The lowest BCUT2D eigenvalue weighted by Gasteiger charge is -2.30. The molecule has 0 unspecified atom stereocenters. The van der Waals surface area contributed by atoms with Crippen molar-refractivity contribution in [1.29, 1.82) is 0 Å². The van der Waals surface area contributed by atoms with E-state index >= 15 is 0 Å². The molecule has 0 bridgehead atoms. The normalized spacial score (nSPS) is 13.9. The van der Waals surface area contributed by atoms with Crippen molar-refractivity contribution in [2.75, 3.05) is 31.6 Å². The molecule has 9 nitrogen and oxygen atoms in total. The smallest absolute Gasteiger partial charge is 0.407 e. The molecule has 0 aliphatic carbocycles. The number of hydrazine groups is 1. The van der Waals surface area contributed by atoms with E-state index in [0.29, 0.717) is 19.4 Å². The largest absolute Gasteiger partial charge is 0.453 e. The van der Waals surface area contributed by atoms with Gasteiger partial charge in [-0.05, 0) is 49.4 Å². The van der Waals surface area contributed by atoms with Crippen LogP contribution >= 0.6 is 12.4 Å². The SMILES string of the molecule is CC[C@H](C)[C@H](NC(=O)OC)C(=O)N[C@@H](Cc1ccccc1)[C@@H](O)CN(N)Cc1ccc(N(CC)CC)cc1.Cl. The van der Waals surface area contributed by atoms with Crippen LogP contribution in [0, 0.1) is 5.92 Å². The number of alkyl carbamates (subject to hydrolysis) is 1. The molecule has 2 amide bonds. The number of nitrogens with zero attached hydrogens (tertiary/aromatic N) is 2. The lowest BCUT2D eigenvalue weighted by Crippen LogP contribution is -2.57. The van der Waals surface area contributed by atoms with Crippen LogP contribution in [0.2, 0.25) is 0 Å². The van der Waals surface area contributed by atoms with E-state index in [1.807, 2.05) is 56.3 Å². The molecule has 0 aliphatic heterocycles. The molecule has 0 aromatic heterocycles. The zero-order valence-electron chi connectivity index (χ0n) is 23.8. The van der Waals surface area contributed by atoms with Crippen LogP contribution in [0.4, 0.5) is 10.5 Å².